The summed E-state index contributed by atoms with van der Waals surface area (Å²) in [5.74, 6) is 0. The van der Waals surface area contributed by atoms with Crippen LogP contribution in [0.2, 0.25) is 0 Å². The number of benzene rings is 1. The van der Waals surface area contributed by atoms with E-state index in [2.05, 4.69) is 4.98 Å². The molecule has 1 unspecified atom stereocenters. The average Bonchev–Trinajstić information content (AvgIpc) is 2.87. The van der Waals surface area contributed by atoms with Gasteiger partial charge in [0.25, 0.3) is 5.69 Å². The van der Waals surface area contributed by atoms with E-state index < -0.39 is 5.60 Å². The summed E-state index contributed by atoms with van der Waals surface area (Å²) in [7, 11) is 0. The van der Waals surface area contributed by atoms with Crippen molar-refractivity contribution in [1.82, 2.24) is 4.98 Å². The molecule has 0 bridgehead atoms. The van der Waals surface area contributed by atoms with E-state index in [0.29, 0.717) is 11.9 Å². The van der Waals surface area contributed by atoms with E-state index in [0.717, 1.165) is 16.6 Å². The minimum absolute atomic E-state index is 0.0841. The van der Waals surface area contributed by atoms with E-state index in [1.54, 1.807) is 12.3 Å². The molecule has 0 fully saturated rings. The molecule has 0 radical (unpaired) electrons. The molecule has 5 nitrogen and oxygen atoms in total. The lowest BCUT2D eigenvalue weighted by Crippen LogP contribution is -2.28. The van der Waals surface area contributed by atoms with Crippen LogP contribution in [-0.2, 0) is 10.3 Å². The van der Waals surface area contributed by atoms with Crippen molar-refractivity contribution in [1.29, 1.82) is 0 Å². The molecule has 0 saturated carbocycles. The van der Waals surface area contributed by atoms with Gasteiger partial charge in [0.2, 0.25) is 0 Å². The van der Waals surface area contributed by atoms with Gasteiger partial charge in [0.05, 0.1) is 11.2 Å². The van der Waals surface area contributed by atoms with Crippen molar-refractivity contribution in [2.24, 2.45) is 0 Å². The lowest BCUT2D eigenvalue weighted by atomic mass is 9.83. The van der Waals surface area contributed by atoms with Crippen LogP contribution in [0.4, 0.5) is 5.69 Å². The monoisotopic (exact) mass is 280 g/mol. The molecule has 1 aromatic carbocycles. The van der Waals surface area contributed by atoms with Gasteiger partial charge in [-0.1, -0.05) is 24.3 Å². The third-order valence-electron chi connectivity index (χ3n) is 4.00. The van der Waals surface area contributed by atoms with E-state index in [4.69, 9.17) is 4.74 Å². The minimum Gasteiger partial charge on any atom is -0.486 e. The van der Waals surface area contributed by atoms with Gasteiger partial charge in [-0.15, -0.1) is 0 Å². The molecule has 104 valence electrons. The quantitative estimate of drug-likeness (QED) is 0.638. The molecular weight excluding hydrogens is 268 g/mol. The number of rotatable bonds is 1. The molecule has 0 amide bonds. The van der Waals surface area contributed by atoms with E-state index in [-0.39, 0.29) is 10.6 Å². The van der Waals surface area contributed by atoms with E-state index in [9.17, 15) is 10.1 Å². The molecule has 1 aliphatic heterocycles. The Kier molecular flexibility index (Phi) is 2.33. The van der Waals surface area contributed by atoms with Crippen molar-refractivity contribution in [3.05, 3.63) is 70.1 Å². The zero-order valence-electron chi connectivity index (χ0n) is 11.1. The van der Waals surface area contributed by atoms with Gasteiger partial charge < -0.3 is 9.72 Å². The van der Waals surface area contributed by atoms with Crippen molar-refractivity contribution in [2.75, 3.05) is 0 Å². The van der Waals surface area contributed by atoms with Crippen LogP contribution >= 0.6 is 0 Å². The number of fused-ring (bicyclic) bond motifs is 4. The van der Waals surface area contributed by atoms with Crippen molar-refractivity contribution >= 4 is 22.7 Å². The summed E-state index contributed by atoms with van der Waals surface area (Å²) in [6.45, 7) is 0. The summed E-state index contributed by atoms with van der Waals surface area (Å²) in [6, 6.07) is 5.12. The molecule has 2 aliphatic rings. The van der Waals surface area contributed by atoms with Gasteiger partial charge in [0.1, 0.15) is 5.52 Å². The Morgan fingerprint density at radius 2 is 2.24 bits per heavy atom. The Labute approximate surface area is 120 Å². The Morgan fingerprint density at radius 1 is 1.33 bits per heavy atom. The third kappa shape index (κ3) is 1.57. The number of nitro groups is 1. The number of ether oxygens (including phenoxy) is 1. The first-order chi connectivity index (χ1) is 10.2. The van der Waals surface area contributed by atoms with Crippen molar-refractivity contribution in [3.8, 4) is 0 Å². The SMILES string of the molecule is O=[N+]([O-])c1cccc2c3c([nH]c12)C=CCC31C=CC=CO1. The first-order valence-electron chi connectivity index (χ1n) is 6.70. The number of aromatic nitrogens is 1. The number of H-pyrrole nitrogens is 1. The van der Waals surface area contributed by atoms with Crippen molar-refractivity contribution in [2.45, 2.75) is 12.0 Å². The molecular formula is C16H12N2O3. The molecule has 1 spiro atoms. The number of nitro benzene ring substituents is 1. The molecule has 21 heavy (non-hydrogen) atoms. The fourth-order valence-electron chi connectivity index (χ4n) is 3.12. The van der Waals surface area contributed by atoms with Crippen LogP contribution in [0.3, 0.4) is 0 Å². The highest BCUT2D eigenvalue weighted by Gasteiger charge is 2.38. The lowest BCUT2D eigenvalue weighted by Gasteiger charge is -2.33. The maximum absolute atomic E-state index is 11.2. The minimum atomic E-state index is -0.577. The summed E-state index contributed by atoms with van der Waals surface area (Å²) in [4.78, 5) is 14.0. The largest absolute Gasteiger partial charge is 0.486 e. The maximum atomic E-state index is 11.2. The fourth-order valence-corrected chi connectivity index (χ4v) is 3.12. The number of non-ortho nitro benzene ring substituents is 1. The van der Waals surface area contributed by atoms with Crippen LogP contribution < -0.4 is 0 Å². The van der Waals surface area contributed by atoms with Gasteiger partial charge >= 0.3 is 0 Å². The standard InChI is InChI=1S/C16H12N2O3/c19-18(20)13-7-3-5-11-14-12(17-15(11)13)6-4-9-16(14)8-1-2-10-21-16/h1-8,10,17H,9H2. The molecule has 0 saturated heterocycles. The highest BCUT2D eigenvalue weighted by Crippen LogP contribution is 2.45. The predicted molar refractivity (Wildman–Crippen MR) is 79.6 cm³/mol. The second kappa shape index (κ2) is 4.09. The molecule has 1 atom stereocenters. The highest BCUT2D eigenvalue weighted by atomic mass is 16.6. The van der Waals surface area contributed by atoms with Gasteiger partial charge in [-0.3, -0.25) is 10.1 Å². The first kappa shape index (κ1) is 12.0. The van der Waals surface area contributed by atoms with Crippen LogP contribution in [0.5, 0.6) is 0 Å². The fraction of sp³-hybridized carbons (Fsp3) is 0.125. The topological polar surface area (TPSA) is 68.2 Å². The smallest absolute Gasteiger partial charge is 0.293 e. The molecule has 1 aliphatic carbocycles. The van der Waals surface area contributed by atoms with Gasteiger partial charge in [0, 0.05) is 29.1 Å². The molecule has 5 heteroatoms. The average molecular weight is 280 g/mol. The van der Waals surface area contributed by atoms with E-state index in [1.807, 2.05) is 36.4 Å². The first-order valence-corrected chi connectivity index (χ1v) is 6.70. The van der Waals surface area contributed by atoms with Gasteiger partial charge in [-0.2, -0.15) is 0 Å². The summed E-state index contributed by atoms with van der Waals surface area (Å²) in [6.07, 6.45) is 12.1. The third-order valence-corrected chi connectivity index (χ3v) is 4.00. The van der Waals surface area contributed by atoms with E-state index in [1.165, 1.54) is 6.07 Å². The molecule has 2 heterocycles. The summed E-state index contributed by atoms with van der Waals surface area (Å²) < 4.78 is 5.89. The Morgan fingerprint density at radius 3 is 3.00 bits per heavy atom. The maximum Gasteiger partial charge on any atom is 0.293 e. The molecule has 1 N–H and O–H groups in total. The van der Waals surface area contributed by atoms with Crippen LogP contribution in [-0.4, -0.2) is 9.91 Å². The number of hydrogen-bond donors (Lipinski definition) is 1. The Hall–Kier alpha value is -2.82. The van der Waals surface area contributed by atoms with Crippen LogP contribution in [0.1, 0.15) is 17.7 Å². The molecule has 1 aromatic heterocycles. The zero-order chi connectivity index (χ0) is 14.4. The summed E-state index contributed by atoms with van der Waals surface area (Å²) >= 11 is 0. The second-order valence-corrected chi connectivity index (χ2v) is 5.17. The number of para-hydroxylation sites is 1. The normalized spacial score (nSPS) is 22.5. The molecule has 2 aromatic rings. The number of allylic oxidation sites excluding steroid dienone is 2. The summed E-state index contributed by atoms with van der Waals surface area (Å²) in [5, 5.41) is 12.0. The van der Waals surface area contributed by atoms with Gasteiger partial charge in [-0.25, -0.2) is 0 Å². The van der Waals surface area contributed by atoms with Crippen LogP contribution in [0.25, 0.3) is 17.0 Å². The number of nitrogens with zero attached hydrogens (tertiary/aromatic N) is 1. The van der Waals surface area contributed by atoms with Crippen LogP contribution in [0.15, 0.2) is 48.8 Å². The van der Waals surface area contributed by atoms with Crippen LogP contribution in [0, 0.1) is 10.1 Å². The number of aromatic amines is 1. The number of hydrogen-bond acceptors (Lipinski definition) is 3. The lowest BCUT2D eigenvalue weighted by molar-refractivity contribution is -0.383. The second-order valence-electron chi connectivity index (χ2n) is 5.17. The van der Waals surface area contributed by atoms with Crippen molar-refractivity contribution in [3.63, 3.8) is 0 Å². The predicted octanol–water partition coefficient (Wildman–Crippen LogP) is 3.79. The summed E-state index contributed by atoms with van der Waals surface area (Å²) in [5.41, 5.74) is 1.88. The van der Waals surface area contributed by atoms with Crippen molar-refractivity contribution < 1.29 is 9.66 Å². The van der Waals surface area contributed by atoms with Gasteiger partial charge in [-0.05, 0) is 18.2 Å². The molecule has 4 rings (SSSR count). The Bertz CT molecular complexity index is 845. The zero-order valence-corrected chi connectivity index (χ0v) is 11.1. The van der Waals surface area contributed by atoms with E-state index >= 15 is 0 Å². The van der Waals surface area contributed by atoms with Gasteiger partial charge in [0.15, 0.2) is 5.60 Å². The Balaban J connectivity index is 2.06. The highest BCUT2D eigenvalue weighted by molar-refractivity contribution is 5.95. The number of nitrogens with one attached hydrogen (secondary N) is 1.